The number of carbonyl (C=O) groups excluding carboxylic acids is 1. The second-order valence-electron chi connectivity index (χ2n) is 5.27. The van der Waals surface area contributed by atoms with Crippen LogP contribution in [0.4, 0.5) is 0 Å². The number of carboxylic acids is 1. The maximum atomic E-state index is 11.9. The number of aliphatic hydroxyl groups is 5. The summed E-state index contributed by atoms with van der Waals surface area (Å²) in [7, 11) is 0. The maximum Gasteiger partial charge on any atom is 0.326 e. The molecule has 9 nitrogen and oxygen atoms in total. The summed E-state index contributed by atoms with van der Waals surface area (Å²) in [5.74, 6) is -2.57. The number of rotatable bonds is 9. The van der Waals surface area contributed by atoms with Crippen LogP contribution in [0.5, 0.6) is 0 Å². The minimum atomic E-state index is -2.18. The molecule has 5 atom stereocenters. The van der Waals surface area contributed by atoms with Gasteiger partial charge in [0.15, 0.2) is 6.10 Å². The largest absolute Gasteiger partial charge is 0.480 e. The summed E-state index contributed by atoms with van der Waals surface area (Å²) in [6, 6.07) is 7.10. The average Bonchev–Trinajstić information content (AvgIpc) is 2.59. The molecule has 0 heterocycles. The number of aliphatic carboxylic acids is 1. The summed E-state index contributed by atoms with van der Waals surface area (Å²) >= 11 is 0. The molecule has 1 aromatic carbocycles. The van der Waals surface area contributed by atoms with E-state index in [0.29, 0.717) is 5.56 Å². The van der Waals surface area contributed by atoms with Crippen molar-refractivity contribution in [2.24, 2.45) is 0 Å². The molecule has 24 heavy (non-hydrogen) atoms. The van der Waals surface area contributed by atoms with Gasteiger partial charge in [-0.25, -0.2) is 4.79 Å². The Morgan fingerprint density at radius 1 is 1.00 bits per heavy atom. The molecule has 0 aliphatic rings. The molecular formula is C15H21NO8. The van der Waals surface area contributed by atoms with E-state index in [-0.39, 0.29) is 6.42 Å². The predicted octanol–water partition coefficient (Wildman–Crippen LogP) is -2.77. The molecule has 7 N–H and O–H groups in total. The first kappa shape index (κ1) is 20.0. The molecular weight excluding hydrogens is 322 g/mol. The Kier molecular flexibility index (Phi) is 7.75. The van der Waals surface area contributed by atoms with E-state index in [1.54, 1.807) is 30.3 Å². The average molecular weight is 343 g/mol. The van der Waals surface area contributed by atoms with Gasteiger partial charge in [0, 0.05) is 6.42 Å². The zero-order chi connectivity index (χ0) is 18.3. The van der Waals surface area contributed by atoms with E-state index in [2.05, 4.69) is 5.32 Å². The molecule has 0 bridgehead atoms. The van der Waals surface area contributed by atoms with E-state index in [0.717, 1.165) is 0 Å². The third-order valence-corrected chi connectivity index (χ3v) is 3.42. The smallest absolute Gasteiger partial charge is 0.326 e. The van der Waals surface area contributed by atoms with Crippen molar-refractivity contribution in [2.45, 2.75) is 36.9 Å². The van der Waals surface area contributed by atoms with Gasteiger partial charge in [0.2, 0.25) is 0 Å². The van der Waals surface area contributed by atoms with Gasteiger partial charge in [-0.2, -0.15) is 0 Å². The SMILES string of the molecule is O=C(O)[C@@H](Cc1ccccc1)NC(=O)[C@H](O)[C@H](O)[C@H](O)[C@H](O)CO. The van der Waals surface area contributed by atoms with Crippen LogP contribution in [0.25, 0.3) is 0 Å². The van der Waals surface area contributed by atoms with Gasteiger partial charge in [-0.3, -0.25) is 4.79 Å². The Morgan fingerprint density at radius 3 is 2.08 bits per heavy atom. The van der Waals surface area contributed by atoms with E-state index in [9.17, 15) is 30.0 Å². The summed E-state index contributed by atoms with van der Waals surface area (Å²) < 4.78 is 0. The molecule has 0 spiro atoms. The highest BCUT2D eigenvalue weighted by molar-refractivity contribution is 5.86. The third kappa shape index (κ3) is 5.55. The van der Waals surface area contributed by atoms with E-state index >= 15 is 0 Å². The van der Waals surface area contributed by atoms with Crippen molar-refractivity contribution in [3.05, 3.63) is 35.9 Å². The maximum absolute atomic E-state index is 11.9. The molecule has 0 unspecified atom stereocenters. The normalized spacial score (nSPS) is 17.4. The van der Waals surface area contributed by atoms with E-state index in [4.69, 9.17) is 10.2 Å². The van der Waals surface area contributed by atoms with Crippen molar-refractivity contribution in [2.75, 3.05) is 6.61 Å². The third-order valence-electron chi connectivity index (χ3n) is 3.42. The van der Waals surface area contributed by atoms with Gasteiger partial charge < -0.3 is 36.0 Å². The molecule has 0 radical (unpaired) electrons. The highest BCUT2D eigenvalue weighted by atomic mass is 16.4. The Balaban J connectivity index is 2.72. The predicted molar refractivity (Wildman–Crippen MR) is 80.8 cm³/mol. The number of hydrogen-bond acceptors (Lipinski definition) is 7. The first-order chi connectivity index (χ1) is 11.3. The van der Waals surface area contributed by atoms with Crippen LogP contribution in [0.15, 0.2) is 30.3 Å². The van der Waals surface area contributed by atoms with Gasteiger partial charge in [0.25, 0.3) is 5.91 Å². The molecule has 1 rings (SSSR count). The van der Waals surface area contributed by atoms with Crippen LogP contribution >= 0.6 is 0 Å². The number of aliphatic hydroxyl groups excluding tert-OH is 5. The van der Waals surface area contributed by atoms with Crippen LogP contribution in [0.3, 0.4) is 0 Å². The molecule has 1 amide bonds. The fraction of sp³-hybridized carbons (Fsp3) is 0.467. The zero-order valence-electron chi connectivity index (χ0n) is 12.7. The van der Waals surface area contributed by atoms with Crippen LogP contribution in [0, 0.1) is 0 Å². The summed E-state index contributed by atoms with van der Waals surface area (Å²) in [6.45, 7) is -0.891. The fourth-order valence-electron chi connectivity index (χ4n) is 1.98. The Bertz CT molecular complexity index is 538. The highest BCUT2D eigenvalue weighted by Gasteiger charge is 2.35. The molecule has 1 aromatic rings. The summed E-state index contributed by atoms with van der Waals surface area (Å²) in [5.41, 5.74) is 0.635. The van der Waals surface area contributed by atoms with Gasteiger partial charge in [-0.1, -0.05) is 30.3 Å². The van der Waals surface area contributed by atoms with Gasteiger partial charge >= 0.3 is 5.97 Å². The first-order valence-corrected chi connectivity index (χ1v) is 7.18. The van der Waals surface area contributed by atoms with Crippen LogP contribution in [0.1, 0.15) is 5.56 Å². The number of hydrogen-bond donors (Lipinski definition) is 7. The molecule has 0 saturated heterocycles. The van der Waals surface area contributed by atoms with Gasteiger partial charge in [0.05, 0.1) is 6.61 Å². The topological polar surface area (TPSA) is 168 Å². The lowest BCUT2D eigenvalue weighted by molar-refractivity contribution is -0.152. The number of carboxylic acid groups (broad SMARTS) is 1. The number of amides is 1. The van der Waals surface area contributed by atoms with Gasteiger partial charge in [-0.15, -0.1) is 0 Å². The van der Waals surface area contributed by atoms with Crippen molar-refractivity contribution < 1.29 is 40.2 Å². The highest BCUT2D eigenvalue weighted by Crippen LogP contribution is 2.08. The molecule has 9 heteroatoms. The summed E-state index contributed by atoms with van der Waals surface area (Å²) in [4.78, 5) is 23.1. The minimum Gasteiger partial charge on any atom is -0.480 e. The van der Waals surface area contributed by atoms with Crippen molar-refractivity contribution in [3.8, 4) is 0 Å². The van der Waals surface area contributed by atoms with Crippen LogP contribution in [-0.2, 0) is 16.0 Å². The van der Waals surface area contributed by atoms with Crippen LogP contribution < -0.4 is 5.32 Å². The Labute approximate surface area is 137 Å². The molecule has 134 valence electrons. The fourth-order valence-corrected chi connectivity index (χ4v) is 1.98. The Morgan fingerprint density at radius 2 is 1.58 bits per heavy atom. The second-order valence-corrected chi connectivity index (χ2v) is 5.27. The lowest BCUT2D eigenvalue weighted by atomic mass is 10.0. The minimum absolute atomic E-state index is 0.0491. The van der Waals surface area contributed by atoms with Crippen molar-refractivity contribution in [1.29, 1.82) is 0 Å². The van der Waals surface area contributed by atoms with Crippen molar-refractivity contribution in [3.63, 3.8) is 0 Å². The summed E-state index contributed by atoms with van der Waals surface area (Å²) in [6.07, 6.45) is -8.07. The van der Waals surface area contributed by atoms with Crippen molar-refractivity contribution in [1.82, 2.24) is 5.32 Å². The summed E-state index contributed by atoms with van der Waals surface area (Å²) in [5, 5.41) is 57.9. The lowest BCUT2D eigenvalue weighted by Crippen LogP contribution is -2.54. The monoisotopic (exact) mass is 343 g/mol. The van der Waals surface area contributed by atoms with Crippen LogP contribution in [0.2, 0.25) is 0 Å². The number of nitrogens with one attached hydrogen (secondary N) is 1. The number of carbonyl (C=O) groups is 2. The molecule has 0 fully saturated rings. The standard InChI is InChI=1S/C15H21NO8/c17-7-10(18)11(19)12(20)13(21)14(22)16-9(15(23)24)6-8-4-2-1-3-5-8/h1-5,9-13,17-21H,6-7H2,(H,16,22)(H,23,24)/t9-,10-,11-,12-,13-/m1/s1. The lowest BCUT2D eigenvalue weighted by Gasteiger charge is -2.26. The van der Waals surface area contributed by atoms with Crippen LogP contribution in [-0.4, -0.2) is 79.6 Å². The van der Waals surface area contributed by atoms with Gasteiger partial charge in [-0.05, 0) is 5.56 Å². The Hall–Kier alpha value is -2.04. The van der Waals surface area contributed by atoms with E-state index in [1.807, 2.05) is 0 Å². The van der Waals surface area contributed by atoms with E-state index in [1.165, 1.54) is 0 Å². The van der Waals surface area contributed by atoms with E-state index < -0.39 is 48.9 Å². The second kappa shape index (κ2) is 9.30. The quantitative estimate of drug-likeness (QED) is 0.253. The zero-order valence-corrected chi connectivity index (χ0v) is 12.7. The number of benzene rings is 1. The van der Waals surface area contributed by atoms with Gasteiger partial charge in [0.1, 0.15) is 24.4 Å². The molecule has 0 aliphatic carbocycles. The molecule has 0 aromatic heterocycles. The molecule has 0 aliphatic heterocycles. The first-order valence-electron chi connectivity index (χ1n) is 7.18. The van der Waals surface area contributed by atoms with Crippen molar-refractivity contribution >= 4 is 11.9 Å². The molecule has 0 saturated carbocycles.